The summed E-state index contributed by atoms with van der Waals surface area (Å²) in [6.07, 6.45) is 14.7. The number of halogens is 2. The summed E-state index contributed by atoms with van der Waals surface area (Å²) >= 11 is 0. The molecule has 28 heavy (non-hydrogen) atoms. The van der Waals surface area contributed by atoms with Crippen LogP contribution in [0.5, 0.6) is 0 Å². The Morgan fingerprint density at radius 2 is 1.57 bits per heavy atom. The minimum absolute atomic E-state index is 0. The van der Waals surface area contributed by atoms with E-state index < -0.39 is 0 Å². The molecule has 0 saturated heterocycles. The topological polar surface area (TPSA) is 9.23 Å². The van der Waals surface area contributed by atoms with Gasteiger partial charge in [-0.05, 0) is 40.7 Å². The van der Waals surface area contributed by atoms with Crippen molar-refractivity contribution in [1.82, 2.24) is 0 Å². The largest absolute Gasteiger partial charge is 3.00 e. The summed E-state index contributed by atoms with van der Waals surface area (Å²) in [5.41, 5.74) is 3.85. The summed E-state index contributed by atoms with van der Waals surface area (Å²) in [7, 11) is 0. The third-order valence-electron chi connectivity index (χ3n) is 5.79. The van der Waals surface area contributed by atoms with Crippen molar-refractivity contribution in [3.63, 3.8) is 0 Å². The molecule has 1 nitrogen and oxygen atoms in total. The van der Waals surface area contributed by atoms with Gasteiger partial charge in [0.1, 0.15) is 0 Å². The fraction of sp³-hybridized carbons (Fsp3) is 0.667. The fourth-order valence-electron chi connectivity index (χ4n) is 4.25. The molecule has 2 aliphatic rings. The van der Waals surface area contributed by atoms with Gasteiger partial charge in [0.2, 0.25) is 0 Å². The molecule has 0 fully saturated rings. The Kier molecular flexibility index (Phi) is 11.4. The predicted molar refractivity (Wildman–Crippen MR) is 108 cm³/mol. The number of allylic oxidation sites excluding steroid dienone is 5. The van der Waals surface area contributed by atoms with Crippen LogP contribution in [0, 0.1) is 22.3 Å². The number of hydrogen-bond acceptors (Lipinski definition) is 1. The Balaban J connectivity index is 0. The average Bonchev–Trinajstić information content (AvgIpc) is 3.00. The van der Waals surface area contributed by atoms with E-state index in [1.807, 2.05) is 0 Å². The van der Waals surface area contributed by atoms with Gasteiger partial charge in [0.05, 0.1) is 5.60 Å². The third-order valence-corrected chi connectivity index (χ3v) is 5.79. The molecule has 2 rings (SSSR count). The van der Waals surface area contributed by atoms with Gasteiger partial charge >= 0.3 is 21.7 Å². The van der Waals surface area contributed by atoms with Crippen molar-refractivity contribution in [2.24, 2.45) is 16.2 Å². The fourth-order valence-corrected chi connectivity index (χ4v) is 4.25. The van der Waals surface area contributed by atoms with Crippen LogP contribution in [0.3, 0.4) is 0 Å². The van der Waals surface area contributed by atoms with Crippen LogP contribution in [0.1, 0.15) is 75.2 Å². The van der Waals surface area contributed by atoms with E-state index in [9.17, 15) is 0 Å². The summed E-state index contributed by atoms with van der Waals surface area (Å²) in [6, 6.07) is 0. The first-order chi connectivity index (χ1) is 11.4. The van der Waals surface area contributed by atoms with Crippen LogP contribution in [-0.4, -0.2) is 12.2 Å². The van der Waals surface area contributed by atoms with Gasteiger partial charge in [0.25, 0.3) is 0 Å². The van der Waals surface area contributed by atoms with Crippen molar-refractivity contribution >= 4 is 0 Å². The van der Waals surface area contributed by atoms with E-state index >= 15 is 0 Å². The van der Waals surface area contributed by atoms with Crippen LogP contribution in [0.15, 0.2) is 41.0 Å². The maximum Gasteiger partial charge on any atom is 3.00 e. The Bertz CT molecular complexity index is 642. The smallest absolute Gasteiger partial charge is 1.00 e. The predicted octanol–water partition coefficient (Wildman–Crippen LogP) is 0.832. The number of hydrogen-bond donors (Lipinski definition) is 0. The minimum atomic E-state index is -0.328. The molecule has 2 aliphatic carbocycles. The first kappa shape index (κ1) is 30.4. The van der Waals surface area contributed by atoms with E-state index in [-0.39, 0.29) is 68.4 Å². The molecule has 4 heteroatoms. The zero-order chi connectivity index (χ0) is 19.1. The van der Waals surface area contributed by atoms with Crippen molar-refractivity contribution < 1.29 is 51.3 Å². The SMILES string of the molecule is CCOC1(C(C)(C)C2=[C-]CC=C2)CC=C(C(C)(C)C)C=C1C(C)(C)C.[Cl-].[Cl-].[Ti+3]. The molecule has 0 heterocycles. The maximum absolute atomic E-state index is 6.64. The van der Waals surface area contributed by atoms with Crippen LogP contribution in [-0.2, 0) is 26.5 Å². The van der Waals surface area contributed by atoms with Gasteiger partial charge < -0.3 is 29.6 Å². The van der Waals surface area contributed by atoms with Crippen LogP contribution < -0.4 is 24.8 Å². The van der Waals surface area contributed by atoms with Crippen LogP contribution in [0.2, 0.25) is 0 Å². The summed E-state index contributed by atoms with van der Waals surface area (Å²) in [6.45, 7) is 21.3. The Morgan fingerprint density at radius 1 is 1.00 bits per heavy atom. The number of rotatable bonds is 4. The zero-order valence-electron chi connectivity index (χ0n) is 19.1. The molecule has 0 spiro atoms. The molecule has 0 aromatic heterocycles. The van der Waals surface area contributed by atoms with Crippen molar-refractivity contribution in [3.05, 3.63) is 47.1 Å². The molecule has 0 amide bonds. The van der Waals surface area contributed by atoms with E-state index in [2.05, 4.69) is 92.7 Å². The van der Waals surface area contributed by atoms with Crippen molar-refractivity contribution in [2.45, 2.75) is 80.8 Å². The molecule has 1 atom stereocenters. The van der Waals surface area contributed by atoms with E-state index in [4.69, 9.17) is 4.74 Å². The van der Waals surface area contributed by atoms with Crippen molar-refractivity contribution in [2.75, 3.05) is 6.61 Å². The van der Waals surface area contributed by atoms with Gasteiger partial charge in [0, 0.05) is 6.61 Å². The molecule has 0 saturated carbocycles. The van der Waals surface area contributed by atoms with E-state index in [0.717, 1.165) is 12.8 Å². The Labute approximate surface area is 201 Å². The molecular weight excluding hydrogens is 423 g/mol. The van der Waals surface area contributed by atoms with Gasteiger partial charge in [0.15, 0.2) is 0 Å². The second-order valence-electron chi connectivity index (χ2n) is 10.0. The summed E-state index contributed by atoms with van der Waals surface area (Å²) in [5, 5.41) is 0. The first-order valence-corrected chi connectivity index (χ1v) is 9.71. The molecule has 157 valence electrons. The van der Waals surface area contributed by atoms with E-state index in [1.165, 1.54) is 16.7 Å². The second-order valence-corrected chi connectivity index (χ2v) is 10.0. The molecule has 0 aromatic carbocycles. The monoisotopic (exact) mass is 459 g/mol. The van der Waals surface area contributed by atoms with Gasteiger partial charge in [-0.1, -0.05) is 67.5 Å². The van der Waals surface area contributed by atoms with Crippen LogP contribution in [0.25, 0.3) is 0 Å². The molecule has 0 aromatic rings. The standard InChI is InChI=1S/C24H37O.2ClH.Ti/c1-10-25-24(23(8,9)18-13-11-12-14-18)16-15-19(21(2,3)4)17-20(24)22(5,6)7;;;/h11,13,15,17H,10,12,16H2,1-9H3;2*1H;/q-1;;;+3/p-2. The normalized spacial score (nSPS) is 22.2. The van der Waals surface area contributed by atoms with Crippen molar-refractivity contribution in [1.29, 1.82) is 0 Å². The van der Waals surface area contributed by atoms with Gasteiger partial charge in [-0.15, -0.1) is 6.42 Å². The Morgan fingerprint density at radius 3 is 1.96 bits per heavy atom. The quantitative estimate of drug-likeness (QED) is 0.447. The van der Waals surface area contributed by atoms with Crippen LogP contribution in [0.4, 0.5) is 0 Å². The van der Waals surface area contributed by atoms with E-state index in [0.29, 0.717) is 6.61 Å². The first-order valence-electron chi connectivity index (χ1n) is 9.71. The van der Waals surface area contributed by atoms with Crippen molar-refractivity contribution in [3.8, 4) is 0 Å². The van der Waals surface area contributed by atoms with Gasteiger partial charge in [-0.25, -0.2) is 11.6 Å². The van der Waals surface area contributed by atoms with Gasteiger partial charge in [-0.2, -0.15) is 6.08 Å². The zero-order valence-corrected chi connectivity index (χ0v) is 22.2. The molecule has 1 radical (unpaired) electrons. The maximum atomic E-state index is 6.64. The van der Waals surface area contributed by atoms with Crippen LogP contribution >= 0.6 is 0 Å². The summed E-state index contributed by atoms with van der Waals surface area (Å²) in [5.74, 6) is 0. The summed E-state index contributed by atoms with van der Waals surface area (Å²) in [4.78, 5) is 0. The molecule has 0 bridgehead atoms. The molecule has 1 unspecified atom stereocenters. The second kappa shape index (κ2) is 10.5. The number of ether oxygens (including phenoxy) is 1. The van der Waals surface area contributed by atoms with E-state index in [1.54, 1.807) is 0 Å². The van der Waals surface area contributed by atoms with Gasteiger partial charge in [-0.3, -0.25) is 6.08 Å². The molecule has 0 aliphatic heterocycles. The molecule has 0 N–H and O–H groups in total. The molecular formula is C24H37Cl2OTi. The Hall–Kier alpha value is 0.214. The summed E-state index contributed by atoms with van der Waals surface area (Å²) < 4.78 is 6.64. The average molecular weight is 460 g/mol. The third kappa shape index (κ3) is 5.67. The minimum Gasteiger partial charge on any atom is -1.00 e.